The number of allylic oxidation sites excluding steroid dienone is 16. The normalized spacial score (nSPS) is 15.3. The number of carboxylic acid groups (broad SMARTS) is 1. The number of phosphoric acid groups is 1. The molecule has 0 saturated carbocycles. The number of carboxylic acids is 1. The fourth-order valence-corrected chi connectivity index (χ4v) is 4.51. The van der Waals surface area contributed by atoms with Gasteiger partial charge in [0.15, 0.2) is 0 Å². The maximum Gasteiger partial charge on any atom is 0.472 e. The number of carbonyl (C=O) groups is 2. The zero-order valence-corrected chi connectivity index (χ0v) is 30.4. The standard InChI is InChI=1S/C38H60NO9P/c1-3-5-7-9-11-13-15-17-19-21-23-25-27-29-31-45-32-35(33-46-49(43,44)47-34-36(39)38(41)42)48-37(40)30-28-26-24-22-20-18-16-14-12-10-8-6-4-2/h5-8,11-14,17-20,23-26,35-36H,3-4,9-10,15-16,21-22,27-34,39H2,1-2H3,(H,41,42)(H,43,44)/b7-5-,8-6-,13-11-,14-12-,19-17-,20-18-,25-23-,26-24-. The minimum Gasteiger partial charge on any atom is -0.480 e. The molecule has 10 nitrogen and oxygen atoms in total. The highest BCUT2D eigenvalue weighted by Gasteiger charge is 2.27. The molecule has 0 aromatic rings. The minimum absolute atomic E-state index is 0.0570. The molecule has 0 amide bonds. The molecule has 0 radical (unpaired) electrons. The van der Waals surface area contributed by atoms with Crippen LogP contribution in [0, 0.1) is 0 Å². The van der Waals surface area contributed by atoms with Gasteiger partial charge in [-0.05, 0) is 70.6 Å². The summed E-state index contributed by atoms with van der Waals surface area (Å²) >= 11 is 0. The van der Waals surface area contributed by atoms with Crippen molar-refractivity contribution in [3.8, 4) is 0 Å². The van der Waals surface area contributed by atoms with Crippen LogP contribution in [0.3, 0.4) is 0 Å². The Morgan fingerprint density at radius 1 is 0.653 bits per heavy atom. The lowest BCUT2D eigenvalue weighted by molar-refractivity contribution is -0.154. The van der Waals surface area contributed by atoms with Gasteiger partial charge in [0.2, 0.25) is 0 Å². The number of nitrogens with two attached hydrogens (primary N) is 1. The third kappa shape index (κ3) is 33.2. The van der Waals surface area contributed by atoms with Crippen molar-refractivity contribution >= 4 is 19.8 Å². The average Bonchev–Trinajstić information content (AvgIpc) is 3.07. The molecule has 3 atom stereocenters. The van der Waals surface area contributed by atoms with E-state index in [0.29, 0.717) is 13.0 Å². The quantitative estimate of drug-likeness (QED) is 0.0276. The Labute approximate surface area is 294 Å². The molecule has 0 aliphatic rings. The first-order valence-corrected chi connectivity index (χ1v) is 18.8. The van der Waals surface area contributed by atoms with Crippen LogP contribution in [0.2, 0.25) is 0 Å². The summed E-state index contributed by atoms with van der Waals surface area (Å²) in [6.45, 7) is 3.35. The maximum atomic E-state index is 12.5. The summed E-state index contributed by atoms with van der Waals surface area (Å²) in [5.74, 6) is -1.90. The Balaban J connectivity index is 4.60. The van der Waals surface area contributed by atoms with E-state index in [0.717, 1.165) is 64.2 Å². The second-order valence-electron chi connectivity index (χ2n) is 10.9. The van der Waals surface area contributed by atoms with E-state index in [9.17, 15) is 19.0 Å². The van der Waals surface area contributed by atoms with Crippen molar-refractivity contribution in [3.63, 3.8) is 0 Å². The predicted molar refractivity (Wildman–Crippen MR) is 198 cm³/mol. The van der Waals surface area contributed by atoms with E-state index in [-0.39, 0.29) is 13.0 Å². The molecule has 3 unspecified atom stereocenters. The molecule has 0 aliphatic heterocycles. The van der Waals surface area contributed by atoms with Gasteiger partial charge in [-0.15, -0.1) is 0 Å². The van der Waals surface area contributed by atoms with E-state index < -0.39 is 45.1 Å². The van der Waals surface area contributed by atoms with Gasteiger partial charge in [-0.2, -0.15) is 0 Å². The van der Waals surface area contributed by atoms with Crippen molar-refractivity contribution in [3.05, 3.63) is 97.2 Å². The van der Waals surface area contributed by atoms with Gasteiger partial charge >= 0.3 is 19.8 Å². The minimum atomic E-state index is -4.65. The lowest BCUT2D eigenvalue weighted by Gasteiger charge is -2.20. The molecule has 0 heterocycles. The van der Waals surface area contributed by atoms with E-state index in [2.05, 4.69) is 103 Å². The van der Waals surface area contributed by atoms with Crippen LogP contribution in [0.1, 0.15) is 90.9 Å². The van der Waals surface area contributed by atoms with E-state index in [1.165, 1.54) is 0 Å². The molecule has 0 spiro atoms. The van der Waals surface area contributed by atoms with E-state index in [1.807, 2.05) is 12.2 Å². The Morgan fingerprint density at radius 3 is 1.55 bits per heavy atom. The molecular weight excluding hydrogens is 645 g/mol. The second-order valence-corrected chi connectivity index (χ2v) is 12.3. The van der Waals surface area contributed by atoms with Crippen LogP contribution in [-0.4, -0.2) is 60.5 Å². The third-order valence-electron chi connectivity index (χ3n) is 6.37. The highest BCUT2D eigenvalue weighted by Crippen LogP contribution is 2.43. The van der Waals surface area contributed by atoms with Gasteiger partial charge in [-0.1, -0.05) is 111 Å². The number of aliphatic carboxylic acids is 1. The Morgan fingerprint density at radius 2 is 1.08 bits per heavy atom. The number of rotatable bonds is 31. The van der Waals surface area contributed by atoms with Gasteiger partial charge < -0.3 is 25.2 Å². The summed E-state index contributed by atoms with van der Waals surface area (Å²) in [5.41, 5.74) is 5.31. The number of unbranched alkanes of at least 4 members (excludes halogenated alkanes) is 1. The maximum absolute atomic E-state index is 12.5. The first-order valence-electron chi connectivity index (χ1n) is 17.3. The molecule has 0 saturated heterocycles. The molecule has 0 aromatic heterocycles. The summed E-state index contributed by atoms with van der Waals surface area (Å²) in [6, 6.07) is -1.50. The van der Waals surface area contributed by atoms with E-state index in [4.69, 9.17) is 24.8 Å². The predicted octanol–water partition coefficient (Wildman–Crippen LogP) is 8.63. The van der Waals surface area contributed by atoms with Crippen LogP contribution >= 0.6 is 7.82 Å². The molecule has 276 valence electrons. The van der Waals surface area contributed by atoms with Crippen LogP contribution in [0.25, 0.3) is 0 Å². The first-order chi connectivity index (χ1) is 23.7. The average molecular weight is 706 g/mol. The van der Waals surface area contributed by atoms with Crippen LogP contribution in [0.5, 0.6) is 0 Å². The smallest absolute Gasteiger partial charge is 0.472 e. The number of hydrogen-bond acceptors (Lipinski definition) is 8. The Bertz CT molecular complexity index is 1140. The van der Waals surface area contributed by atoms with Crippen LogP contribution < -0.4 is 5.73 Å². The molecule has 0 bridgehead atoms. The zero-order valence-electron chi connectivity index (χ0n) is 29.5. The fourth-order valence-electron chi connectivity index (χ4n) is 3.74. The number of esters is 1. The van der Waals surface area contributed by atoms with Crippen LogP contribution in [0.15, 0.2) is 97.2 Å². The van der Waals surface area contributed by atoms with Crippen molar-refractivity contribution in [2.75, 3.05) is 26.4 Å². The molecule has 0 rings (SSSR count). The fraction of sp³-hybridized carbons (Fsp3) is 0.526. The van der Waals surface area contributed by atoms with Crippen molar-refractivity contribution < 1.29 is 42.7 Å². The lowest BCUT2D eigenvalue weighted by atomic mass is 10.2. The molecule has 0 fully saturated rings. The first kappa shape index (κ1) is 45.9. The van der Waals surface area contributed by atoms with Gasteiger partial charge in [0.05, 0.1) is 19.8 Å². The van der Waals surface area contributed by atoms with Gasteiger partial charge in [0.1, 0.15) is 12.1 Å². The summed E-state index contributed by atoms with van der Waals surface area (Å²) in [4.78, 5) is 33.3. The van der Waals surface area contributed by atoms with Gasteiger partial charge in [-0.25, -0.2) is 4.57 Å². The molecule has 11 heteroatoms. The Kier molecular flexibility index (Phi) is 31.3. The van der Waals surface area contributed by atoms with Gasteiger partial charge in [0, 0.05) is 13.0 Å². The molecule has 0 aliphatic carbocycles. The van der Waals surface area contributed by atoms with Crippen LogP contribution in [0.4, 0.5) is 0 Å². The molecular formula is C38H60NO9P. The number of hydrogen-bond donors (Lipinski definition) is 3. The van der Waals surface area contributed by atoms with Crippen molar-refractivity contribution in [2.24, 2.45) is 5.73 Å². The third-order valence-corrected chi connectivity index (χ3v) is 7.32. The molecule has 49 heavy (non-hydrogen) atoms. The number of ether oxygens (including phenoxy) is 2. The van der Waals surface area contributed by atoms with Crippen molar-refractivity contribution in [1.82, 2.24) is 0 Å². The zero-order chi connectivity index (χ0) is 36.3. The molecule has 4 N–H and O–H groups in total. The summed E-state index contributed by atoms with van der Waals surface area (Å²) < 4.78 is 32.9. The van der Waals surface area contributed by atoms with E-state index in [1.54, 1.807) is 0 Å². The van der Waals surface area contributed by atoms with Crippen molar-refractivity contribution in [1.29, 1.82) is 0 Å². The SMILES string of the molecule is CC/C=C\C/C=C\C/C=C\C/C=C\CCCOCC(COP(=O)(O)OCC(N)C(=O)O)OC(=O)CC/C=C\C/C=C\C/C=C\C/C=C\CC. The topological polar surface area (TPSA) is 155 Å². The second kappa shape index (κ2) is 33.4. The van der Waals surface area contributed by atoms with Crippen molar-refractivity contribution in [2.45, 2.75) is 103 Å². The van der Waals surface area contributed by atoms with Crippen LogP contribution in [-0.2, 0) is 32.7 Å². The van der Waals surface area contributed by atoms with E-state index >= 15 is 0 Å². The van der Waals surface area contributed by atoms with Gasteiger partial charge in [0.25, 0.3) is 0 Å². The summed E-state index contributed by atoms with van der Waals surface area (Å²) in [5, 5.41) is 8.84. The number of carbonyl (C=O) groups excluding carboxylic acids is 1. The van der Waals surface area contributed by atoms with Gasteiger partial charge in [-0.3, -0.25) is 18.6 Å². The largest absolute Gasteiger partial charge is 0.480 e. The Hall–Kier alpha value is -3.11. The highest BCUT2D eigenvalue weighted by atomic mass is 31.2. The lowest BCUT2D eigenvalue weighted by Crippen LogP contribution is -2.34. The summed E-state index contributed by atoms with van der Waals surface area (Å²) in [7, 11) is -4.65. The summed E-state index contributed by atoms with van der Waals surface area (Å²) in [6.07, 6.45) is 42.2. The monoisotopic (exact) mass is 705 g/mol. The number of phosphoric ester groups is 1. The highest BCUT2D eigenvalue weighted by molar-refractivity contribution is 7.47. The molecule has 0 aromatic carbocycles.